The first-order valence-corrected chi connectivity index (χ1v) is 19.0. The minimum atomic E-state index is -4.02. The first kappa shape index (κ1) is 41.8. The van der Waals surface area contributed by atoms with Gasteiger partial charge in [-0.3, -0.25) is 33.5 Å². The van der Waals surface area contributed by atoms with Crippen molar-refractivity contribution in [1.82, 2.24) is 19.2 Å². The molecule has 0 saturated carbocycles. The van der Waals surface area contributed by atoms with Crippen LogP contribution >= 0.6 is 0 Å². The second-order valence-electron chi connectivity index (χ2n) is 13.2. The Morgan fingerprint density at radius 2 is 1.65 bits per heavy atom. The van der Waals surface area contributed by atoms with Crippen molar-refractivity contribution in [1.29, 1.82) is 0 Å². The van der Waals surface area contributed by atoms with Gasteiger partial charge in [-0.2, -0.15) is 8.42 Å². The van der Waals surface area contributed by atoms with Gasteiger partial charge in [0.2, 0.25) is 0 Å². The number of hydrogen-bond acceptors (Lipinski definition) is 10. The lowest BCUT2D eigenvalue weighted by Crippen LogP contribution is -2.31. The van der Waals surface area contributed by atoms with Gasteiger partial charge < -0.3 is 19.5 Å². The number of para-hydroxylation sites is 1. The SMILES string of the molecule is COc1ccc2c(Oc3ccc(NC(=O)c4c(C)n(C[C@H](C)OC(=O)CN(C)C)n(-c5ccccc5)c4=O)cc3F)ccnc2c1.Cc1ccc(S(=O)(=O)O)cc1. The molecule has 2 N–H and O–H groups in total. The Morgan fingerprint density at radius 1 is 0.947 bits per heavy atom. The molecule has 2 aromatic heterocycles. The van der Waals surface area contributed by atoms with Crippen molar-refractivity contribution in [3.63, 3.8) is 0 Å². The third kappa shape index (κ3) is 10.5. The normalized spacial score (nSPS) is 11.7. The Labute approximate surface area is 328 Å². The molecule has 0 bridgehead atoms. The Morgan fingerprint density at radius 3 is 2.28 bits per heavy atom. The number of nitrogens with zero attached hydrogens (tertiary/aromatic N) is 4. The van der Waals surface area contributed by atoms with Gasteiger partial charge in [0.25, 0.3) is 21.6 Å². The summed E-state index contributed by atoms with van der Waals surface area (Å²) in [7, 11) is 1.05. The maximum atomic E-state index is 15.3. The zero-order valence-electron chi connectivity index (χ0n) is 32.1. The molecule has 14 nitrogen and oxygen atoms in total. The minimum Gasteiger partial charge on any atom is -0.497 e. The highest BCUT2D eigenvalue weighted by Gasteiger charge is 2.26. The Hall–Kier alpha value is -6.36. The van der Waals surface area contributed by atoms with Crippen molar-refractivity contribution in [2.45, 2.75) is 38.3 Å². The molecule has 0 saturated heterocycles. The smallest absolute Gasteiger partial charge is 0.320 e. The molecule has 2 heterocycles. The Balaban J connectivity index is 0.000000486. The number of aromatic nitrogens is 3. The second-order valence-corrected chi connectivity index (χ2v) is 14.6. The summed E-state index contributed by atoms with van der Waals surface area (Å²) in [5.41, 5.74) is 1.87. The first-order valence-electron chi connectivity index (χ1n) is 17.5. The van der Waals surface area contributed by atoms with Crippen LogP contribution in [0.2, 0.25) is 0 Å². The molecule has 6 rings (SSSR count). The van der Waals surface area contributed by atoms with E-state index in [1.807, 2.05) is 13.0 Å². The van der Waals surface area contributed by atoms with E-state index in [2.05, 4.69) is 10.3 Å². The van der Waals surface area contributed by atoms with Crippen LogP contribution in [0.1, 0.15) is 28.5 Å². The predicted molar refractivity (Wildman–Crippen MR) is 213 cm³/mol. The lowest BCUT2D eigenvalue weighted by atomic mass is 10.2. The topological polar surface area (TPSA) is 171 Å². The van der Waals surface area contributed by atoms with E-state index < -0.39 is 39.5 Å². The molecule has 298 valence electrons. The zero-order chi connectivity index (χ0) is 41.4. The highest BCUT2D eigenvalue weighted by atomic mass is 32.2. The van der Waals surface area contributed by atoms with E-state index in [0.29, 0.717) is 33.8 Å². The summed E-state index contributed by atoms with van der Waals surface area (Å²) in [5, 5.41) is 3.30. The van der Waals surface area contributed by atoms with E-state index in [4.69, 9.17) is 18.8 Å². The van der Waals surface area contributed by atoms with E-state index in [1.54, 1.807) is 111 Å². The van der Waals surface area contributed by atoms with Crippen molar-refractivity contribution in [3.8, 4) is 22.9 Å². The highest BCUT2D eigenvalue weighted by Crippen LogP contribution is 2.33. The number of hydrogen-bond donors (Lipinski definition) is 2. The summed E-state index contributed by atoms with van der Waals surface area (Å²) in [6, 6.07) is 25.7. The number of amides is 1. The molecule has 1 amide bonds. The summed E-state index contributed by atoms with van der Waals surface area (Å²) in [5.74, 6) is -0.898. The number of esters is 1. The number of pyridine rings is 1. The van der Waals surface area contributed by atoms with Gasteiger partial charge in [0.05, 0.1) is 42.0 Å². The highest BCUT2D eigenvalue weighted by molar-refractivity contribution is 7.85. The van der Waals surface area contributed by atoms with E-state index in [1.165, 1.54) is 28.9 Å². The van der Waals surface area contributed by atoms with Crippen molar-refractivity contribution in [2.24, 2.45) is 0 Å². The van der Waals surface area contributed by atoms with Crippen molar-refractivity contribution in [3.05, 3.63) is 136 Å². The Bertz CT molecular complexity index is 2560. The van der Waals surface area contributed by atoms with Crippen LogP contribution < -0.4 is 20.3 Å². The van der Waals surface area contributed by atoms with Crippen LogP contribution in [-0.2, 0) is 26.2 Å². The van der Waals surface area contributed by atoms with Crippen LogP contribution in [0.3, 0.4) is 0 Å². The number of halogens is 1. The van der Waals surface area contributed by atoms with E-state index in [9.17, 15) is 22.8 Å². The molecular formula is C41H42FN5O9S. The van der Waals surface area contributed by atoms with Gasteiger partial charge in [0, 0.05) is 29.4 Å². The average molecular weight is 800 g/mol. The predicted octanol–water partition coefficient (Wildman–Crippen LogP) is 6.42. The number of benzene rings is 4. The van der Waals surface area contributed by atoms with E-state index >= 15 is 4.39 Å². The molecule has 4 aromatic carbocycles. The van der Waals surface area contributed by atoms with Crippen molar-refractivity contribution in [2.75, 3.05) is 33.1 Å². The fourth-order valence-corrected chi connectivity index (χ4v) is 6.24. The summed E-state index contributed by atoms with van der Waals surface area (Å²) >= 11 is 0. The van der Waals surface area contributed by atoms with Gasteiger partial charge in [-0.15, -0.1) is 0 Å². The van der Waals surface area contributed by atoms with Crippen LogP contribution in [-0.4, -0.2) is 77.9 Å². The Kier molecular flexibility index (Phi) is 13.2. The minimum absolute atomic E-state index is 0.0621. The molecule has 57 heavy (non-hydrogen) atoms. The number of ether oxygens (including phenoxy) is 3. The van der Waals surface area contributed by atoms with E-state index in [-0.39, 0.29) is 35.0 Å². The lowest BCUT2D eigenvalue weighted by Gasteiger charge is -2.19. The van der Waals surface area contributed by atoms with Gasteiger partial charge in [-0.25, -0.2) is 9.07 Å². The van der Waals surface area contributed by atoms with Gasteiger partial charge in [-0.05, 0) is 89.5 Å². The lowest BCUT2D eigenvalue weighted by molar-refractivity contribution is -0.149. The van der Waals surface area contributed by atoms with Gasteiger partial charge >= 0.3 is 5.97 Å². The largest absolute Gasteiger partial charge is 0.497 e. The average Bonchev–Trinajstić information content (AvgIpc) is 3.40. The quantitative estimate of drug-likeness (QED) is 0.103. The number of likely N-dealkylation sites (N-methyl/N-ethyl adjacent to an activating group) is 1. The third-order valence-electron chi connectivity index (χ3n) is 8.47. The number of methoxy groups -OCH3 is 1. The fraction of sp³-hybridized carbons (Fsp3) is 0.220. The monoisotopic (exact) mass is 799 g/mol. The zero-order valence-corrected chi connectivity index (χ0v) is 32.9. The number of nitrogens with one attached hydrogen (secondary N) is 1. The molecule has 0 radical (unpaired) electrons. The third-order valence-corrected chi connectivity index (χ3v) is 9.34. The number of rotatable bonds is 12. The molecule has 16 heteroatoms. The molecule has 0 aliphatic heterocycles. The summed E-state index contributed by atoms with van der Waals surface area (Å²) in [6.45, 7) is 5.40. The molecule has 0 spiro atoms. The van der Waals surface area contributed by atoms with Gasteiger partial charge in [-0.1, -0.05) is 35.9 Å². The summed E-state index contributed by atoms with van der Waals surface area (Å²) in [4.78, 5) is 45.4. The molecular weight excluding hydrogens is 758 g/mol. The van der Waals surface area contributed by atoms with E-state index in [0.717, 1.165) is 11.6 Å². The molecule has 6 aromatic rings. The van der Waals surface area contributed by atoms with Crippen LogP contribution in [0, 0.1) is 19.7 Å². The van der Waals surface area contributed by atoms with Crippen molar-refractivity contribution >= 4 is 38.6 Å². The summed E-state index contributed by atoms with van der Waals surface area (Å²) < 4.78 is 64.4. The number of aryl methyl sites for hydroxylation is 1. The first-order chi connectivity index (χ1) is 27.0. The van der Waals surface area contributed by atoms with Crippen LogP contribution in [0.25, 0.3) is 16.6 Å². The molecule has 0 unspecified atom stereocenters. The molecule has 0 aliphatic carbocycles. The standard InChI is InChI=1S/C34H34FN5O6.C7H8O3S/c1-21(45-31(41)20-38(3)4)19-39-22(2)32(34(43)40(39)24-9-7-6-8-10-24)33(42)37-23-11-14-30(27(35)17-23)46-29-15-16-36-28-18-25(44-5)12-13-26(28)29;1-6-2-4-7(5-3-6)11(8,9)10/h6-18,21H,19-20H2,1-5H3,(H,37,42);2-5H,1H3,(H,8,9,10)/t21-;/m0./s1. The second kappa shape index (κ2) is 18.1. The van der Waals surface area contributed by atoms with Gasteiger partial charge in [0.15, 0.2) is 11.6 Å². The van der Waals surface area contributed by atoms with Gasteiger partial charge in [0.1, 0.15) is 23.2 Å². The van der Waals surface area contributed by atoms with Crippen LogP contribution in [0.15, 0.2) is 113 Å². The maximum absolute atomic E-state index is 15.3. The number of carbonyl (C=O) groups excluding carboxylic acids is 2. The fourth-order valence-electron chi connectivity index (χ4n) is 5.76. The van der Waals surface area contributed by atoms with Crippen LogP contribution in [0.5, 0.6) is 17.2 Å². The summed E-state index contributed by atoms with van der Waals surface area (Å²) in [6.07, 6.45) is 0.944. The number of fused-ring (bicyclic) bond motifs is 1. The molecule has 1 atom stereocenters. The van der Waals surface area contributed by atoms with Crippen LogP contribution in [0.4, 0.5) is 10.1 Å². The van der Waals surface area contributed by atoms with Crippen molar-refractivity contribution < 1.29 is 41.2 Å². The number of anilines is 1. The molecule has 0 aliphatic rings. The number of carbonyl (C=O) groups is 2. The molecule has 0 fully saturated rings. The maximum Gasteiger partial charge on any atom is 0.320 e.